The van der Waals surface area contributed by atoms with Crippen LogP contribution in [-0.4, -0.2) is 16.0 Å². The number of amides is 1. The number of nitrogens with zero attached hydrogens (tertiary/aromatic N) is 2. The van der Waals surface area contributed by atoms with Gasteiger partial charge in [0.25, 0.3) is 5.91 Å². The molecular formula is C17H13F2N3O2S. The van der Waals surface area contributed by atoms with Crippen LogP contribution in [0.25, 0.3) is 0 Å². The second-order valence-electron chi connectivity index (χ2n) is 5.10. The lowest BCUT2D eigenvalue weighted by atomic mass is 10.2. The molecule has 8 heteroatoms. The molecule has 25 heavy (non-hydrogen) atoms. The van der Waals surface area contributed by atoms with E-state index in [2.05, 4.69) is 15.5 Å². The van der Waals surface area contributed by atoms with Crippen LogP contribution in [0.15, 0.2) is 51.9 Å². The summed E-state index contributed by atoms with van der Waals surface area (Å²) >= 11 is 1.37. The first-order chi connectivity index (χ1) is 12.0. The van der Waals surface area contributed by atoms with E-state index in [1.165, 1.54) is 17.8 Å². The molecule has 0 radical (unpaired) electrons. The van der Waals surface area contributed by atoms with E-state index < -0.39 is 17.5 Å². The van der Waals surface area contributed by atoms with Crippen molar-refractivity contribution in [1.82, 2.24) is 10.1 Å². The van der Waals surface area contributed by atoms with Crippen LogP contribution in [-0.2, 0) is 5.75 Å². The molecule has 0 aliphatic heterocycles. The number of anilines is 1. The fraction of sp³-hybridized carbons (Fsp3) is 0.118. The zero-order chi connectivity index (χ0) is 17.8. The molecule has 1 heterocycles. The summed E-state index contributed by atoms with van der Waals surface area (Å²) in [6.45, 7) is 1.72. The van der Waals surface area contributed by atoms with Gasteiger partial charge in [0.1, 0.15) is 0 Å². The number of nitrogens with one attached hydrogen (secondary N) is 1. The Kier molecular flexibility index (Phi) is 5.08. The van der Waals surface area contributed by atoms with E-state index in [1.54, 1.807) is 31.2 Å². The Bertz CT molecular complexity index is 914. The second-order valence-corrected chi connectivity index (χ2v) is 6.12. The Balaban J connectivity index is 1.74. The highest BCUT2D eigenvalue weighted by Gasteiger charge is 2.14. The molecule has 1 amide bonds. The van der Waals surface area contributed by atoms with Crippen molar-refractivity contribution in [3.63, 3.8) is 0 Å². The van der Waals surface area contributed by atoms with E-state index in [0.29, 0.717) is 27.9 Å². The SMILES string of the molecule is Cc1noc(CSc2ccccc2C(=O)Nc2ccc(F)c(F)c2)n1. The maximum Gasteiger partial charge on any atom is 0.256 e. The summed E-state index contributed by atoms with van der Waals surface area (Å²) in [6.07, 6.45) is 0. The zero-order valence-electron chi connectivity index (χ0n) is 13.1. The molecule has 128 valence electrons. The Labute approximate surface area is 146 Å². The molecule has 0 bridgehead atoms. The zero-order valence-corrected chi connectivity index (χ0v) is 13.9. The van der Waals surface area contributed by atoms with E-state index in [4.69, 9.17) is 4.52 Å². The minimum absolute atomic E-state index is 0.177. The van der Waals surface area contributed by atoms with Crippen molar-refractivity contribution in [3.8, 4) is 0 Å². The molecule has 0 aliphatic carbocycles. The highest BCUT2D eigenvalue weighted by molar-refractivity contribution is 7.98. The van der Waals surface area contributed by atoms with E-state index in [1.807, 2.05) is 0 Å². The van der Waals surface area contributed by atoms with Gasteiger partial charge in [-0.2, -0.15) is 4.98 Å². The van der Waals surface area contributed by atoms with Gasteiger partial charge in [-0.25, -0.2) is 8.78 Å². The fourth-order valence-electron chi connectivity index (χ4n) is 2.09. The number of halogens is 2. The van der Waals surface area contributed by atoms with Crippen LogP contribution in [0.4, 0.5) is 14.5 Å². The van der Waals surface area contributed by atoms with Crippen molar-refractivity contribution in [2.75, 3.05) is 5.32 Å². The smallest absolute Gasteiger partial charge is 0.256 e. The average molecular weight is 361 g/mol. The summed E-state index contributed by atoms with van der Waals surface area (Å²) in [7, 11) is 0. The van der Waals surface area contributed by atoms with Gasteiger partial charge in [0.05, 0.1) is 11.3 Å². The summed E-state index contributed by atoms with van der Waals surface area (Å²) in [6, 6.07) is 10.2. The molecule has 0 saturated heterocycles. The van der Waals surface area contributed by atoms with Gasteiger partial charge in [0.15, 0.2) is 17.5 Å². The van der Waals surface area contributed by atoms with Crippen LogP contribution in [0.1, 0.15) is 22.1 Å². The number of hydrogen-bond acceptors (Lipinski definition) is 5. The van der Waals surface area contributed by atoms with Crippen LogP contribution in [0.5, 0.6) is 0 Å². The first-order valence-electron chi connectivity index (χ1n) is 7.30. The number of aryl methyl sites for hydroxylation is 1. The Morgan fingerprint density at radius 3 is 2.72 bits per heavy atom. The van der Waals surface area contributed by atoms with Crippen LogP contribution in [0.2, 0.25) is 0 Å². The lowest BCUT2D eigenvalue weighted by molar-refractivity contribution is 0.102. The number of benzene rings is 2. The molecule has 2 aromatic carbocycles. The van der Waals surface area contributed by atoms with E-state index >= 15 is 0 Å². The first kappa shape index (κ1) is 17.1. The van der Waals surface area contributed by atoms with Crippen LogP contribution < -0.4 is 5.32 Å². The Morgan fingerprint density at radius 2 is 2.00 bits per heavy atom. The molecule has 0 saturated carbocycles. The highest BCUT2D eigenvalue weighted by atomic mass is 32.2. The van der Waals surface area contributed by atoms with Gasteiger partial charge < -0.3 is 9.84 Å². The normalized spacial score (nSPS) is 10.7. The summed E-state index contributed by atoms with van der Waals surface area (Å²) in [5.74, 6) is -0.999. The molecule has 3 rings (SSSR count). The summed E-state index contributed by atoms with van der Waals surface area (Å²) in [5, 5.41) is 6.27. The number of carbonyl (C=O) groups is 1. The molecule has 1 aromatic heterocycles. The molecular weight excluding hydrogens is 348 g/mol. The molecule has 5 nitrogen and oxygen atoms in total. The largest absolute Gasteiger partial charge is 0.338 e. The number of thioether (sulfide) groups is 1. The van der Waals surface area contributed by atoms with Gasteiger partial charge in [0, 0.05) is 16.6 Å². The number of rotatable bonds is 5. The Morgan fingerprint density at radius 1 is 1.20 bits per heavy atom. The molecule has 0 atom stereocenters. The van der Waals surface area contributed by atoms with Gasteiger partial charge in [-0.05, 0) is 31.2 Å². The number of carbonyl (C=O) groups excluding carboxylic acids is 1. The maximum absolute atomic E-state index is 13.3. The monoisotopic (exact) mass is 361 g/mol. The summed E-state index contributed by atoms with van der Waals surface area (Å²) in [4.78, 5) is 17.3. The molecule has 0 unspecified atom stereocenters. The number of aromatic nitrogens is 2. The fourth-order valence-corrected chi connectivity index (χ4v) is 2.98. The summed E-state index contributed by atoms with van der Waals surface area (Å²) in [5.41, 5.74) is 0.588. The summed E-state index contributed by atoms with van der Waals surface area (Å²) < 4.78 is 31.3. The molecule has 0 spiro atoms. The van der Waals surface area contributed by atoms with Gasteiger partial charge >= 0.3 is 0 Å². The van der Waals surface area contributed by atoms with E-state index in [0.717, 1.165) is 12.1 Å². The standard InChI is InChI=1S/C17H13F2N3O2S/c1-10-20-16(24-22-10)9-25-15-5-3-2-4-12(15)17(23)21-11-6-7-13(18)14(19)8-11/h2-8H,9H2,1H3,(H,21,23). The van der Waals surface area contributed by atoms with Crippen molar-refractivity contribution in [2.45, 2.75) is 17.6 Å². The quantitative estimate of drug-likeness (QED) is 0.690. The predicted octanol–water partition coefficient (Wildman–Crippen LogP) is 4.20. The minimum atomic E-state index is -1.02. The highest BCUT2D eigenvalue weighted by Crippen LogP contribution is 2.26. The molecule has 0 aliphatic rings. The van der Waals surface area contributed by atoms with Crippen molar-refractivity contribution in [1.29, 1.82) is 0 Å². The lowest BCUT2D eigenvalue weighted by Crippen LogP contribution is -2.13. The molecule has 1 N–H and O–H groups in total. The topological polar surface area (TPSA) is 68.0 Å². The van der Waals surface area contributed by atoms with Gasteiger partial charge in [-0.15, -0.1) is 11.8 Å². The number of hydrogen-bond donors (Lipinski definition) is 1. The minimum Gasteiger partial charge on any atom is -0.338 e. The average Bonchev–Trinajstić information content (AvgIpc) is 3.02. The van der Waals surface area contributed by atoms with Gasteiger partial charge in [0.2, 0.25) is 5.89 Å². The molecule has 3 aromatic rings. The van der Waals surface area contributed by atoms with Crippen LogP contribution >= 0.6 is 11.8 Å². The van der Waals surface area contributed by atoms with Gasteiger partial charge in [-0.3, -0.25) is 4.79 Å². The van der Waals surface area contributed by atoms with Crippen molar-refractivity contribution < 1.29 is 18.1 Å². The maximum atomic E-state index is 13.3. The van der Waals surface area contributed by atoms with Crippen molar-refractivity contribution in [3.05, 3.63) is 71.4 Å². The van der Waals surface area contributed by atoms with E-state index in [9.17, 15) is 13.6 Å². The first-order valence-corrected chi connectivity index (χ1v) is 8.29. The Hall–Kier alpha value is -2.74. The van der Waals surface area contributed by atoms with E-state index in [-0.39, 0.29) is 5.69 Å². The predicted molar refractivity (Wildman–Crippen MR) is 89.3 cm³/mol. The molecule has 0 fully saturated rings. The van der Waals surface area contributed by atoms with Gasteiger partial charge in [-0.1, -0.05) is 17.3 Å². The van der Waals surface area contributed by atoms with Crippen LogP contribution in [0, 0.1) is 18.6 Å². The van der Waals surface area contributed by atoms with Crippen LogP contribution in [0.3, 0.4) is 0 Å². The van der Waals surface area contributed by atoms with Crippen molar-refractivity contribution >= 4 is 23.4 Å². The van der Waals surface area contributed by atoms with Crippen molar-refractivity contribution in [2.24, 2.45) is 0 Å². The lowest BCUT2D eigenvalue weighted by Gasteiger charge is -2.09. The third kappa shape index (κ3) is 4.21. The second kappa shape index (κ2) is 7.43. The third-order valence-electron chi connectivity index (χ3n) is 3.23. The third-order valence-corrected chi connectivity index (χ3v) is 4.29.